The predicted molar refractivity (Wildman–Crippen MR) is 88.5 cm³/mol. The fraction of sp³-hybridized carbons (Fsp3) is 0.706. The van der Waals surface area contributed by atoms with Gasteiger partial charge in [-0.15, -0.1) is 0 Å². The fourth-order valence-corrected chi connectivity index (χ4v) is 3.59. The van der Waals surface area contributed by atoms with Crippen LogP contribution in [0, 0.1) is 5.92 Å². The SMILES string of the molecule is O=C1CCCN1CCN1CCC(Cn2cnc(C(F)(F)F)cc2=O)CC1. The first-order valence-electron chi connectivity index (χ1n) is 8.97. The molecule has 0 saturated carbocycles. The molecule has 1 amide bonds. The number of halogens is 3. The molecule has 144 valence electrons. The molecule has 2 saturated heterocycles. The summed E-state index contributed by atoms with van der Waals surface area (Å²) in [5, 5.41) is 0. The van der Waals surface area contributed by atoms with E-state index >= 15 is 0 Å². The number of aromatic nitrogens is 2. The number of piperidine rings is 1. The Kier molecular flexibility index (Phi) is 5.64. The quantitative estimate of drug-likeness (QED) is 0.788. The van der Waals surface area contributed by atoms with Crippen molar-refractivity contribution in [3.05, 3.63) is 28.4 Å². The van der Waals surface area contributed by atoms with Crippen LogP contribution in [0.2, 0.25) is 0 Å². The molecule has 0 unspecified atom stereocenters. The van der Waals surface area contributed by atoms with Gasteiger partial charge in [-0.3, -0.25) is 14.2 Å². The molecule has 3 rings (SSSR count). The molecular formula is C17H23F3N4O2. The molecule has 0 aliphatic carbocycles. The first-order valence-corrected chi connectivity index (χ1v) is 8.97. The third-order valence-electron chi connectivity index (χ3n) is 5.19. The Labute approximate surface area is 149 Å². The lowest BCUT2D eigenvalue weighted by Crippen LogP contribution is -2.41. The van der Waals surface area contributed by atoms with Gasteiger partial charge < -0.3 is 9.80 Å². The zero-order valence-electron chi connectivity index (χ0n) is 14.5. The Morgan fingerprint density at radius 1 is 1.12 bits per heavy atom. The summed E-state index contributed by atoms with van der Waals surface area (Å²) in [6, 6.07) is 0.558. The Hall–Kier alpha value is -1.90. The van der Waals surface area contributed by atoms with Crippen molar-refractivity contribution in [2.45, 2.75) is 38.4 Å². The van der Waals surface area contributed by atoms with E-state index in [1.165, 1.54) is 4.57 Å². The predicted octanol–water partition coefficient (Wildman–Crippen LogP) is 1.60. The first kappa shape index (κ1) is 18.9. The molecule has 9 heteroatoms. The van der Waals surface area contributed by atoms with E-state index in [9.17, 15) is 22.8 Å². The van der Waals surface area contributed by atoms with Crippen molar-refractivity contribution in [3.63, 3.8) is 0 Å². The van der Waals surface area contributed by atoms with E-state index < -0.39 is 17.4 Å². The monoisotopic (exact) mass is 372 g/mol. The lowest BCUT2D eigenvalue weighted by Gasteiger charge is -2.33. The van der Waals surface area contributed by atoms with Crippen LogP contribution >= 0.6 is 0 Å². The largest absolute Gasteiger partial charge is 0.433 e. The number of likely N-dealkylation sites (tertiary alicyclic amines) is 2. The normalized spacial score (nSPS) is 20.1. The maximum Gasteiger partial charge on any atom is 0.433 e. The number of alkyl halides is 3. The summed E-state index contributed by atoms with van der Waals surface area (Å²) < 4.78 is 39.0. The summed E-state index contributed by atoms with van der Waals surface area (Å²) in [5.74, 6) is 0.477. The molecule has 2 aliphatic rings. The molecule has 3 heterocycles. The fourth-order valence-electron chi connectivity index (χ4n) is 3.59. The molecule has 2 aliphatic heterocycles. The standard InChI is InChI=1S/C17H23F3N4O2/c18-17(19,20)14-10-16(26)24(12-21-14)11-13-3-6-22(7-4-13)8-9-23-5-1-2-15(23)25/h10,12-13H,1-9,11H2. The van der Waals surface area contributed by atoms with Crippen LogP contribution in [-0.4, -0.2) is 58.0 Å². The molecule has 0 bridgehead atoms. The molecule has 0 spiro atoms. The van der Waals surface area contributed by atoms with Gasteiger partial charge in [0.05, 0.1) is 6.33 Å². The smallest absolute Gasteiger partial charge is 0.341 e. The average molecular weight is 372 g/mol. The molecular weight excluding hydrogens is 349 g/mol. The summed E-state index contributed by atoms with van der Waals surface area (Å²) in [6.07, 6.45) is -0.255. The van der Waals surface area contributed by atoms with E-state index in [1.54, 1.807) is 0 Å². The highest BCUT2D eigenvalue weighted by molar-refractivity contribution is 5.78. The van der Waals surface area contributed by atoms with Gasteiger partial charge in [0.25, 0.3) is 5.56 Å². The van der Waals surface area contributed by atoms with E-state index in [1.807, 2.05) is 4.90 Å². The van der Waals surface area contributed by atoms with Gasteiger partial charge in [-0.2, -0.15) is 13.2 Å². The van der Waals surface area contributed by atoms with Gasteiger partial charge in [-0.1, -0.05) is 0 Å². The number of rotatable bonds is 5. The number of hydrogen-bond acceptors (Lipinski definition) is 4. The third kappa shape index (κ3) is 4.63. The maximum absolute atomic E-state index is 12.6. The molecule has 0 aromatic carbocycles. The Bertz CT molecular complexity index is 696. The molecule has 26 heavy (non-hydrogen) atoms. The lowest BCUT2D eigenvalue weighted by atomic mass is 9.96. The second-order valence-electron chi connectivity index (χ2n) is 7.03. The number of hydrogen-bond donors (Lipinski definition) is 0. The third-order valence-corrected chi connectivity index (χ3v) is 5.19. The first-order chi connectivity index (χ1) is 12.3. The van der Waals surface area contributed by atoms with E-state index in [0.29, 0.717) is 19.0 Å². The van der Waals surface area contributed by atoms with Gasteiger partial charge in [0.15, 0.2) is 5.69 Å². The van der Waals surface area contributed by atoms with Gasteiger partial charge in [0.1, 0.15) is 0 Å². The summed E-state index contributed by atoms with van der Waals surface area (Å²) in [7, 11) is 0. The molecule has 1 aromatic heterocycles. The lowest BCUT2D eigenvalue weighted by molar-refractivity contribution is -0.141. The van der Waals surface area contributed by atoms with Crippen molar-refractivity contribution in [1.82, 2.24) is 19.4 Å². The van der Waals surface area contributed by atoms with E-state index in [2.05, 4.69) is 9.88 Å². The van der Waals surface area contributed by atoms with Crippen LogP contribution in [0.5, 0.6) is 0 Å². The average Bonchev–Trinajstić information content (AvgIpc) is 3.00. The highest BCUT2D eigenvalue weighted by atomic mass is 19.4. The second-order valence-corrected chi connectivity index (χ2v) is 7.03. The minimum absolute atomic E-state index is 0.231. The van der Waals surface area contributed by atoms with Gasteiger partial charge in [-0.05, 0) is 38.3 Å². The van der Waals surface area contributed by atoms with Crippen molar-refractivity contribution in [2.24, 2.45) is 5.92 Å². The van der Waals surface area contributed by atoms with E-state index in [-0.39, 0.29) is 11.8 Å². The van der Waals surface area contributed by atoms with Gasteiger partial charge in [0, 0.05) is 38.7 Å². The Balaban J connectivity index is 1.47. The van der Waals surface area contributed by atoms with Gasteiger partial charge in [0.2, 0.25) is 5.91 Å². The summed E-state index contributed by atoms with van der Waals surface area (Å²) in [4.78, 5) is 31.1. The minimum Gasteiger partial charge on any atom is -0.341 e. The van der Waals surface area contributed by atoms with Crippen LogP contribution < -0.4 is 5.56 Å². The van der Waals surface area contributed by atoms with Crippen LogP contribution in [0.25, 0.3) is 0 Å². The van der Waals surface area contributed by atoms with E-state index in [0.717, 1.165) is 58.3 Å². The number of carbonyl (C=O) groups excluding carboxylic acids is 1. The number of amides is 1. The van der Waals surface area contributed by atoms with Crippen LogP contribution in [0.1, 0.15) is 31.4 Å². The maximum atomic E-state index is 12.6. The van der Waals surface area contributed by atoms with Crippen LogP contribution in [0.3, 0.4) is 0 Å². The number of nitrogens with zero attached hydrogens (tertiary/aromatic N) is 4. The summed E-state index contributed by atoms with van der Waals surface area (Å²) >= 11 is 0. The van der Waals surface area contributed by atoms with Gasteiger partial charge >= 0.3 is 6.18 Å². The van der Waals surface area contributed by atoms with Crippen molar-refractivity contribution < 1.29 is 18.0 Å². The summed E-state index contributed by atoms with van der Waals surface area (Å²) in [6.45, 7) is 4.58. The van der Waals surface area contributed by atoms with Crippen LogP contribution in [0.4, 0.5) is 13.2 Å². The summed E-state index contributed by atoms with van der Waals surface area (Å²) in [5.41, 5.74) is -1.81. The van der Waals surface area contributed by atoms with Gasteiger partial charge in [-0.25, -0.2) is 4.98 Å². The topological polar surface area (TPSA) is 58.4 Å². The van der Waals surface area contributed by atoms with Crippen LogP contribution in [-0.2, 0) is 17.5 Å². The zero-order chi connectivity index (χ0) is 18.7. The highest BCUT2D eigenvalue weighted by Gasteiger charge is 2.33. The minimum atomic E-state index is -4.60. The van der Waals surface area contributed by atoms with E-state index in [4.69, 9.17) is 0 Å². The van der Waals surface area contributed by atoms with Crippen LogP contribution in [0.15, 0.2) is 17.2 Å². The highest BCUT2D eigenvalue weighted by Crippen LogP contribution is 2.26. The Morgan fingerprint density at radius 2 is 1.85 bits per heavy atom. The van der Waals surface area contributed by atoms with Crippen molar-refractivity contribution in [3.8, 4) is 0 Å². The molecule has 0 atom stereocenters. The molecule has 0 radical (unpaired) electrons. The van der Waals surface area contributed by atoms with Crippen molar-refractivity contribution in [1.29, 1.82) is 0 Å². The molecule has 0 N–H and O–H groups in total. The molecule has 6 nitrogen and oxygen atoms in total. The van der Waals surface area contributed by atoms with Crippen molar-refractivity contribution in [2.75, 3.05) is 32.7 Å². The number of carbonyl (C=O) groups is 1. The van der Waals surface area contributed by atoms with Crippen molar-refractivity contribution >= 4 is 5.91 Å². The second kappa shape index (κ2) is 7.77. The molecule has 1 aromatic rings. The molecule has 2 fully saturated rings. The Morgan fingerprint density at radius 3 is 2.42 bits per heavy atom. The zero-order valence-corrected chi connectivity index (χ0v) is 14.5.